The smallest absolute Gasteiger partial charge is 0.331 e. The number of benzene rings is 2. The highest BCUT2D eigenvalue weighted by Crippen LogP contribution is 2.19. The molecule has 8 nitrogen and oxygen atoms in total. The number of nitrogens with zero attached hydrogens (tertiary/aromatic N) is 2. The molecule has 0 aliphatic carbocycles. The molecule has 2 N–H and O–H groups in total. The predicted octanol–water partition coefficient (Wildman–Crippen LogP) is 3.79. The third kappa shape index (κ3) is 6.05. The van der Waals surface area contributed by atoms with E-state index in [0.717, 1.165) is 9.87 Å². The van der Waals surface area contributed by atoms with Gasteiger partial charge in [-0.15, -0.1) is 0 Å². The Labute approximate surface area is 191 Å². The number of hydrogen-bond acceptors (Lipinski definition) is 5. The second kappa shape index (κ2) is 10.3. The highest BCUT2D eigenvalue weighted by Gasteiger charge is 2.29. The number of amides is 3. The van der Waals surface area contributed by atoms with E-state index >= 15 is 0 Å². The van der Waals surface area contributed by atoms with E-state index in [1.54, 1.807) is 48.5 Å². The zero-order chi connectivity index (χ0) is 23.1. The number of carbonyl (C=O) groups excluding carboxylic acids is 2. The SMILES string of the molecule is CC(=O)Nc1ccc(CNC(=O)N(Cc2ccc(Cl)cc2)S(=O)(=O)c2cccnc2)cc1. The van der Waals surface area contributed by atoms with Gasteiger partial charge in [0.25, 0.3) is 10.0 Å². The molecule has 0 fully saturated rings. The molecule has 0 bridgehead atoms. The van der Waals surface area contributed by atoms with Gasteiger partial charge in [0.05, 0.1) is 6.54 Å². The summed E-state index contributed by atoms with van der Waals surface area (Å²) in [6, 6.07) is 15.5. The molecule has 3 rings (SSSR count). The van der Waals surface area contributed by atoms with Crippen LogP contribution in [0.25, 0.3) is 0 Å². The van der Waals surface area contributed by atoms with Gasteiger partial charge in [0.1, 0.15) is 4.90 Å². The van der Waals surface area contributed by atoms with Gasteiger partial charge in [0, 0.05) is 36.6 Å². The number of urea groups is 1. The van der Waals surface area contributed by atoms with Crippen molar-refractivity contribution in [2.45, 2.75) is 24.9 Å². The van der Waals surface area contributed by atoms with Crippen LogP contribution in [-0.4, -0.2) is 29.6 Å². The molecule has 2 aromatic carbocycles. The Hall–Kier alpha value is -3.43. The largest absolute Gasteiger partial charge is 0.333 e. The summed E-state index contributed by atoms with van der Waals surface area (Å²) in [7, 11) is -4.15. The number of carbonyl (C=O) groups is 2. The first-order chi connectivity index (χ1) is 15.3. The molecule has 0 atom stereocenters. The summed E-state index contributed by atoms with van der Waals surface area (Å²) in [5.41, 5.74) is 1.95. The molecule has 3 aromatic rings. The number of hydrogen-bond donors (Lipinski definition) is 2. The van der Waals surface area contributed by atoms with Gasteiger partial charge in [-0.3, -0.25) is 9.78 Å². The van der Waals surface area contributed by atoms with E-state index in [1.165, 1.54) is 31.5 Å². The molecule has 1 heterocycles. The van der Waals surface area contributed by atoms with Crippen LogP contribution < -0.4 is 10.6 Å². The number of aromatic nitrogens is 1. The van der Waals surface area contributed by atoms with Crippen molar-refractivity contribution < 1.29 is 18.0 Å². The third-order valence-electron chi connectivity index (χ3n) is 4.41. The zero-order valence-corrected chi connectivity index (χ0v) is 18.7. The summed E-state index contributed by atoms with van der Waals surface area (Å²) in [5.74, 6) is -0.190. The number of rotatable bonds is 7. The molecule has 0 saturated heterocycles. The number of anilines is 1. The van der Waals surface area contributed by atoms with E-state index in [9.17, 15) is 18.0 Å². The van der Waals surface area contributed by atoms with E-state index in [0.29, 0.717) is 16.3 Å². The first-order valence-electron chi connectivity index (χ1n) is 9.57. The van der Waals surface area contributed by atoms with Crippen molar-refractivity contribution in [3.05, 3.63) is 89.2 Å². The molecule has 0 unspecified atom stereocenters. The van der Waals surface area contributed by atoms with Crippen LogP contribution in [0, 0.1) is 0 Å². The minimum Gasteiger partial charge on any atom is -0.333 e. The van der Waals surface area contributed by atoms with Gasteiger partial charge in [-0.25, -0.2) is 17.5 Å². The maximum atomic E-state index is 13.2. The fourth-order valence-corrected chi connectivity index (χ4v) is 4.25. The molecule has 1 aromatic heterocycles. The van der Waals surface area contributed by atoms with Crippen molar-refractivity contribution in [2.24, 2.45) is 0 Å². The van der Waals surface area contributed by atoms with Crippen molar-refractivity contribution in [1.82, 2.24) is 14.6 Å². The van der Waals surface area contributed by atoms with E-state index in [4.69, 9.17) is 11.6 Å². The second-order valence-electron chi connectivity index (χ2n) is 6.86. The van der Waals surface area contributed by atoms with Crippen LogP contribution >= 0.6 is 11.6 Å². The average molecular weight is 473 g/mol. The molecular formula is C22H21ClN4O4S. The summed E-state index contributed by atoms with van der Waals surface area (Å²) in [6.45, 7) is 1.33. The summed E-state index contributed by atoms with van der Waals surface area (Å²) < 4.78 is 27.1. The maximum Gasteiger partial charge on any atom is 0.331 e. The van der Waals surface area contributed by atoms with Gasteiger partial charge in [0.15, 0.2) is 0 Å². The van der Waals surface area contributed by atoms with Crippen LogP contribution in [0.2, 0.25) is 5.02 Å². The van der Waals surface area contributed by atoms with Crippen LogP contribution in [0.4, 0.5) is 10.5 Å². The molecule has 0 aliphatic rings. The van der Waals surface area contributed by atoms with Crippen LogP contribution in [0.1, 0.15) is 18.1 Å². The second-order valence-corrected chi connectivity index (χ2v) is 9.16. The number of pyridine rings is 1. The van der Waals surface area contributed by atoms with Crippen molar-refractivity contribution >= 4 is 39.2 Å². The van der Waals surface area contributed by atoms with Crippen molar-refractivity contribution in [3.63, 3.8) is 0 Å². The Bertz CT molecular complexity index is 1180. The Morgan fingerprint density at radius 3 is 2.25 bits per heavy atom. The van der Waals surface area contributed by atoms with Gasteiger partial charge < -0.3 is 10.6 Å². The third-order valence-corrected chi connectivity index (χ3v) is 6.37. The molecule has 0 radical (unpaired) electrons. The van der Waals surface area contributed by atoms with Gasteiger partial charge in [0.2, 0.25) is 5.91 Å². The summed E-state index contributed by atoms with van der Waals surface area (Å²) in [4.78, 5) is 27.8. The van der Waals surface area contributed by atoms with E-state index in [2.05, 4.69) is 15.6 Å². The van der Waals surface area contributed by atoms with Crippen molar-refractivity contribution in [3.8, 4) is 0 Å². The fraction of sp³-hybridized carbons (Fsp3) is 0.136. The first kappa shape index (κ1) is 23.2. The summed E-state index contributed by atoms with van der Waals surface area (Å²) in [6.07, 6.45) is 2.64. The fourth-order valence-electron chi connectivity index (χ4n) is 2.82. The summed E-state index contributed by atoms with van der Waals surface area (Å²) >= 11 is 5.91. The van der Waals surface area contributed by atoms with Crippen LogP contribution in [0.3, 0.4) is 0 Å². The summed E-state index contributed by atoms with van der Waals surface area (Å²) in [5, 5.41) is 5.80. The predicted molar refractivity (Wildman–Crippen MR) is 121 cm³/mol. The highest BCUT2D eigenvalue weighted by atomic mass is 35.5. The van der Waals surface area contributed by atoms with E-state index in [-0.39, 0.29) is 23.9 Å². The van der Waals surface area contributed by atoms with Gasteiger partial charge in [-0.1, -0.05) is 35.9 Å². The molecule has 32 heavy (non-hydrogen) atoms. The van der Waals surface area contributed by atoms with Crippen molar-refractivity contribution in [2.75, 3.05) is 5.32 Å². The van der Waals surface area contributed by atoms with Crippen LogP contribution in [0.5, 0.6) is 0 Å². The molecular weight excluding hydrogens is 452 g/mol. The zero-order valence-electron chi connectivity index (χ0n) is 17.2. The normalized spacial score (nSPS) is 10.9. The Morgan fingerprint density at radius 2 is 1.66 bits per heavy atom. The molecule has 166 valence electrons. The van der Waals surface area contributed by atoms with Gasteiger partial charge in [-0.05, 0) is 47.5 Å². The van der Waals surface area contributed by atoms with Gasteiger partial charge >= 0.3 is 6.03 Å². The number of nitrogens with one attached hydrogen (secondary N) is 2. The molecule has 10 heteroatoms. The van der Waals surface area contributed by atoms with Crippen LogP contribution in [-0.2, 0) is 27.9 Å². The standard InChI is InChI=1S/C22H21ClN4O4S/c1-16(28)26-20-10-6-17(7-11-20)13-25-22(29)27(15-18-4-8-19(23)9-5-18)32(30,31)21-3-2-12-24-14-21/h2-12,14H,13,15H2,1H3,(H,25,29)(H,26,28). The quantitative estimate of drug-likeness (QED) is 0.543. The van der Waals surface area contributed by atoms with Gasteiger partial charge in [-0.2, -0.15) is 0 Å². The number of sulfonamides is 1. The lowest BCUT2D eigenvalue weighted by Crippen LogP contribution is -2.43. The number of halogens is 1. The minimum absolute atomic E-state index is 0.0937. The average Bonchev–Trinajstić information content (AvgIpc) is 2.78. The first-order valence-corrected chi connectivity index (χ1v) is 11.4. The maximum absolute atomic E-state index is 13.2. The topological polar surface area (TPSA) is 108 Å². The Balaban J connectivity index is 1.80. The Morgan fingerprint density at radius 1 is 1.00 bits per heavy atom. The highest BCUT2D eigenvalue weighted by molar-refractivity contribution is 7.89. The molecule has 0 spiro atoms. The molecule has 3 amide bonds. The van der Waals surface area contributed by atoms with Crippen molar-refractivity contribution in [1.29, 1.82) is 0 Å². The Kier molecular flexibility index (Phi) is 7.45. The van der Waals surface area contributed by atoms with E-state index in [1.807, 2.05) is 0 Å². The monoisotopic (exact) mass is 472 g/mol. The lowest BCUT2D eigenvalue weighted by molar-refractivity contribution is -0.114. The lowest BCUT2D eigenvalue weighted by Gasteiger charge is -2.23. The lowest BCUT2D eigenvalue weighted by atomic mass is 10.2. The minimum atomic E-state index is -4.15. The van der Waals surface area contributed by atoms with E-state index < -0.39 is 16.1 Å². The molecule has 0 aliphatic heterocycles. The van der Waals surface area contributed by atoms with Crippen LogP contribution in [0.15, 0.2) is 78.0 Å². The molecule has 0 saturated carbocycles.